The molecule has 1 atom stereocenters. The van der Waals surface area contributed by atoms with Crippen molar-refractivity contribution in [3.63, 3.8) is 0 Å². The molecule has 6 nitrogen and oxygen atoms in total. The predicted molar refractivity (Wildman–Crippen MR) is 136 cm³/mol. The van der Waals surface area contributed by atoms with Crippen LogP contribution in [0.1, 0.15) is 63.1 Å². The van der Waals surface area contributed by atoms with Gasteiger partial charge in [0, 0.05) is 11.3 Å². The number of aliphatic hydroxyl groups excluding tert-OH is 1. The lowest BCUT2D eigenvalue weighted by atomic mass is 9.84. The largest absolute Gasteiger partial charge is 0.507 e. The molecule has 0 saturated carbocycles. The number of anilines is 1. The van der Waals surface area contributed by atoms with Crippen molar-refractivity contribution < 1.29 is 23.8 Å². The summed E-state index contributed by atoms with van der Waals surface area (Å²) in [4.78, 5) is 28.0. The highest BCUT2D eigenvalue weighted by Crippen LogP contribution is 2.43. The number of rotatable bonds is 5. The van der Waals surface area contributed by atoms with Gasteiger partial charge in [0.1, 0.15) is 23.3 Å². The van der Waals surface area contributed by atoms with Gasteiger partial charge in [-0.25, -0.2) is 0 Å². The third-order valence-corrected chi connectivity index (χ3v) is 6.10. The number of furan rings is 1. The molecule has 3 aromatic rings. The number of carbonyl (C=O) groups is 2. The first kappa shape index (κ1) is 24.3. The van der Waals surface area contributed by atoms with E-state index in [9.17, 15) is 14.7 Å². The number of benzene rings is 2. The summed E-state index contributed by atoms with van der Waals surface area (Å²) < 4.78 is 11.4. The predicted octanol–water partition coefficient (Wildman–Crippen LogP) is 6.30. The van der Waals surface area contributed by atoms with Gasteiger partial charge >= 0.3 is 0 Å². The molecule has 1 aliphatic heterocycles. The number of ether oxygens (including phenoxy) is 1. The van der Waals surface area contributed by atoms with Gasteiger partial charge < -0.3 is 14.3 Å². The molecule has 0 radical (unpaired) electrons. The van der Waals surface area contributed by atoms with Crippen molar-refractivity contribution in [3.05, 3.63) is 88.9 Å². The zero-order valence-electron chi connectivity index (χ0n) is 21.0. The van der Waals surface area contributed by atoms with Crippen LogP contribution in [0.25, 0.3) is 5.76 Å². The van der Waals surface area contributed by atoms with Crippen LogP contribution in [0.15, 0.2) is 70.9 Å². The van der Waals surface area contributed by atoms with Gasteiger partial charge in [-0.2, -0.15) is 0 Å². The highest BCUT2D eigenvalue weighted by atomic mass is 16.5. The van der Waals surface area contributed by atoms with Crippen molar-refractivity contribution in [2.45, 2.75) is 59.1 Å². The van der Waals surface area contributed by atoms with Crippen molar-refractivity contribution in [1.82, 2.24) is 0 Å². The lowest BCUT2D eigenvalue weighted by molar-refractivity contribution is -0.132. The second-order valence-corrected chi connectivity index (χ2v) is 10.1. The summed E-state index contributed by atoms with van der Waals surface area (Å²) in [5.74, 6) is -0.653. The number of nitrogens with zero attached hydrogens (tertiary/aromatic N) is 1. The van der Waals surface area contributed by atoms with Crippen LogP contribution in [0.3, 0.4) is 0 Å². The molecule has 0 bridgehead atoms. The van der Waals surface area contributed by atoms with Gasteiger partial charge in [-0.15, -0.1) is 0 Å². The molecule has 1 N–H and O–H groups in total. The summed E-state index contributed by atoms with van der Waals surface area (Å²) in [6.45, 7) is 12.0. The fourth-order valence-electron chi connectivity index (χ4n) is 4.26. The Labute approximate surface area is 205 Å². The topological polar surface area (TPSA) is 80.0 Å². The van der Waals surface area contributed by atoms with Crippen LogP contribution in [0.2, 0.25) is 0 Å². The van der Waals surface area contributed by atoms with Gasteiger partial charge in [0.05, 0.1) is 17.9 Å². The molecule has 1 aliphatic rings. The van der Waals surface area contributed by atoms with Crippen molar-refractivity contribution in [2.75, 3.05) is 4.90 Å². The first-order chi connectivity index (χ1) is 16.5. The highest BCUT2D eigenvalue weighted by Gasteiger charge is 2.48. The second kappa shape index (κ2) is 9.10. The Morgan fingerprint density at radius 3 is 2.31 bits per heavy atom. The first-order valence-corrected chi connectivity index (χ1v) is 11.7. The zero-order chi connectivity index (χ0) is 25.5. The zero-order valence-corrected chi connectivity index (χ0v) is 21.0. The maximum atomic E-state index is 13.3. The van der Waals surface area contributed by atoms with Crippen LogP contribution in [0, 0.1) is 6.92 Å². The van der Waals surface area contributed by atoms with Crippen LogP contribution in [-0.2, 0) is 15.0 Å². The van der Waals surface area contributed by atoms with Crippen LogP contribution >= 0.6 is 0 Å². The summed E-state index contributed by atoms with van der Waals surface area (Å²) >= 11 is 0. The average Bonchev–Trinajstić information content (AvgIpc) is 3.40. The molecule has 182 valence electrons. The summed E-state index contributed by atoms with van der Waals surface area (Å²) in [5.41, 5.74) is 2.68. The number of hydrogen-bond acceptors (Lipinski definition) is 5. The Bertz CT molecular complexity index is 1280. The second-order valence-electron chi connectivity index (χ2n) is 10.1. The van der Waals surface area contributed by atoms with E-state index in [-0.39, 0.29) is 22.9 Å². The molecule has 1 aromatic heterocycles. The van der Waals surface area contributed by atoms with Crippen LogP contribution in [0.4, 0.5) is 5.69 Å². The standard InChI is InChI=1S/C29H31NO5/c1-17(2)35-21-13-11-20(12-14-21)30-25(23-8-7-15-34-23)24(27(32)28(30)33)26(31)22-16-19(29(4,5)6)10-9-18(22)3/h7-17,25,31H,1-6H3/b26-24+. The molecule has 1 saturated heterocycles. The summed E-state index contributed by atoms with van der Waals surface area (Å²) in [5, 5.41) is 11.5. The summed E-state index contributed by atoms with van der Waals surface area (Å²) in [6, 6.07) is 15.3. The van der Waals surface area contributed by atoms with E-state index in [1.54, 1.807) is 36.4 Å². The normalized spacial score (nSPS) is 17.9. The van der Waals surface area contributed by atoms with E-state index in [1.807, 2.05) is 39.0 Å². The van der Waals surface area contributed by atoms with Crippen LogP contribution < -0.4 is 9.64 Å². The van der Waals surface area contributed by atoms with E-state index in [2.05, 4.69) is 20.8 Å². The van der Waals surface area contributed by atoms with Gasteiger partial charge in [0.25, 0.3) is 11.7 Å². The van der Waals surface area contributed by atoms with Crippen molar-refractivity contribution in [3.8, 4) is 5.75 Å². The Morgan fingerprint density at radius 2 is 1.74 bits per heavy atom. The van der Waals surface area contributed by atoms with Crippen LogP contribution in [0.5, 0.6) is 5.75 Å². The molecule has 0 aliphatic carbocycles. The summed E-state index contributed by atoms with van der Waals surface area (Å²) in [6.07, 6.45) is 1.49. The van der Waals surface area contributed by atoms with Gasteiger partial charge in [-0.1, -0.05) is 32.9 Å². The van der Waals surface area contributed by atoms with E-state index in [0.717, 1.165) is 11.1 Å². The number of aryl methyl sites for hydroxylation is 1. The maximum Gasteiger partial charge on any atom is 0.300 e. The van der Waals surface area contributed by atoms with Crippen molar-refractivity contribution >= 4 is 23.1 Å². The molecule has 1 unspecified atom stereocenters. The monoisotopic (exact) mass is 473 g/mol. The minimum Gasteiger partial charge on any atom is -0.507 e. The SMILES string of the molecule is Cc1ccc(C(C)(C)C)cc1/C(O)=C1\C(=O)C(=O)N(c2ccc(OC(C)C)cc2)C1c1ccco1. The molecular weight excluding hydrogens is 442 g/mol. The molecule has 2 aromatic carbocycles. The lowest BCUT2D eigenvalue weighted by Gasteiger charge is -2.24. The number of Topliss-reactive ketones (excluding diaryl/α,β-unsaturated/α-hetero) is 1. The number of aliphatic hydroxyl groups is 1. The Hall–Kier alpha value is -3.80. The first-order valence-electron chi connectivity index (χ1n) is 11.7. The maximum absolute atomic E-state index is 13.3. The van der Waals surface area contributed by atoms with E-state index in [1.165, 1.54) is 11.2 Å². The number of ketones is 1. The number of amides is 1. The molecule has 1 amide bonds. The number of carbonyl (C=O) groups excluding carboxylic acids is 2. The quantitative estimate of drug-likeness (QED) is 0.267. The molecule has 2 heterocycles. The number of hydrogen-bond donors (Lipinski definition) is 1. The van der Waals surface area contributed by atoms with Gasteiger partial charge in [0.15, 0.2) is 0 Å². The van der Waals surface area contributed by atoms with Gasteiger partial charge in [-0.3, -0.25) is 14.5 Å². The fourth-order valence-corrected chi connectivity index (χ4v) is 4.26. The molecule has 0 spiro atoms. The van der Waals surface area contributed by atoms with Gasteiger partial charge in [0.2, 0.25) is 0 Å². The fraction of sp³-hybridized carbons (Fsp3) is 0.310. The van der Waals surface area contributed by atoms with E-state index >= 15 is 0 Å². The third-order valence-electron chi connectivity index (χ3n) is 6.10. The highest BCUT2D eigenvalue weighted by molar-refractivity contribution is 6.51. The Morgan fingerprint density at radius 1 is 1.06 bits per heavy atom. The molecule has 35 heavy (non-hydrogen) atoms. The Kier molecular flexibility index (Phi) is 6.32. The van der Waals surface area contributed by atoms with E-state index in [0.29, 0.717) is 22.8 Å². The molecular formula is C29H31NO5. The Balaban J connectivity index is 1.87. The van der Waals surface area contributed by atoms with Gasteiger partial charge in [-0.05, 0) is 79.8 Å². The van der Waals surface area contributed by atoms with E-state index in [4.69, 9.17) is 9.15 Å². The van der Waals surface area contributed by atoms with Crippen molar-refractivity contribution in [1.29, 1.82) is 0 Å². The summed E-state index contributed by atoms with van der Waals surface area (Å²) in [7, 11) is 0. The van der Waals surface area contributed by atoms with E-state index < -0.39 is 17.7 Å². The molecule has 1 fully saturated rings. The molecule has 6 heteroatoms. The third kappa shape index (κ3) is 4.61. The minimum absolute atomic E-state index is 0.00150. The minimum atomic E-state index is -0.903. The average molecular weight is 474 g/mol. The lowest BCUT2D eigenvalue weighted by Crippen LogP contribution is -2.29. The smallest absolute Gasteiger partial charge is 0.300 e. The van der Waals surface area contributed by atoms with Crippen molar-refractivity contribution in [2.24, 2.45) is 0 Å². The van der Waals surface area contributed by atoms with Crippen LogP contribution in [-0.4, -0.2) is 22.9 Å². The molecule has 4 rings (SSSR count).